The first kappa shape index (κ1) is 16.1. The zero-order chi connectivity index (χ0) is 15.8. The van der Waals surface area contributed by atoms with Gasteiger partial charge in [-0.25, -0.2) is 0 Å². The number of benzene rings is 2. The first-order chi connectivity index (χ1) is 10.7. The minimum Gasteiger partial charge on any atom is -0.385 e. The maximum Gasteiger partial charge on any atom is 0.222 e. The second kappa shape index (κ2) is 8.23. The number of amides is 1. The smallest absolute Gasteiger partial charge is 0.222 e. The Morgan fingerprint density at radius 2 is 1.77 bits per heavy atom. The molecule has 22 heavy (non-hydrogen) atoms. The Labute approximate surface area is 132 Å². The van der Waals surface area contributed by atoms with Crippen molar-refractivity contribution >= 4 is 11.6 Å². The third kappa shape index (κ3) is 4.92. The number of hydrogen-bond acceptors (Lipinski definition) is 2. The molecule has 0 fully saturated rings. The van der Waals surface area contributed by atoms with Crippen LogP contribution in [0.3, 0.4) is 0 Å². The summed E-state index contributed by atoms with van der Waals surface area (Å²) in [5, 5.41) is 6.24. The van der Waals surface area contributed by atoms with Crippen LogP contribution in [-0.2, 0) is 17.8 Å². The van der Waals surface area contributed by atoms with Crippen LogP contribution in [0.15, 0.2) is 48.5 Å². The normalized spacial score (nSPS) is 10.3. The van der Waals surface area contributed by atoms with Crippen molar-refractivity contribution in [3.05, 3.63) is 65.2 Å². The van der Waals surface area contributed by atoms with Crippen LogP contribution in [0.2, 0.25) is 0 Å². The summed E-state index contributed by atoms with van der Waals surface area (Å²) in [5.74, 6) is 0.0703. The monoisotopic (exact) mass is 296 g/mol. The summed E-state index contributed by atoms with van der Waals surface area (Å²) in [4.78, 5) is 11.9. The maximum absolute atomic E-state index is 11.9. The Morgan fingerprint density at radius 3 is 2.45 bits per heavy atom. The van der Waals surface area contributed by atoms with Gasteiger partial charge in [-0.05, 0) is 42.2 Å². The highest BCUT2D eigenvalue weighted by Crippen LogP contribution is 2.10. The van der Waals surface area contributed by atoms with Gasteiger partial charge >= 0.3 is 0 Å². The number of carbonyl (C=O) groups excluding carboxylic acids is 1. The van der Waals surface area contributed by atoms with Gasteiger partial charge in [-0.1, -0.05) is 43.3 Å². The molecule has 0 aliphatic rings. The van der Waals surface area contributed by atoms with E-state index >= 15 is 0 Å². The molecule has 3 nitrogen and oxygen atoms in total. The van der Waals surface area contributed by atoms with Gasteiger partial charge in [-0.15, -0.1) is 0 Å². The first-order valence-corrected chi connectivity index (χ1v) is 7.83. The second-order valence-corrected chi connectivity index (χ2v) is 5.43. The summed E-state index contributed by atoms with van der Waals surface area (Å²) in [7, 11) is 0. The van der Waals surface area contributed by atoms with Crippen molar-refractivity contribution in [3.63, 3.8) is 0 Å². The number of rotatable bonds is 7. The summed E-state index contributed by atoms with van der Waals surface area (Å²) < 4.78 is 0. The average Bonchev–Trinajstić information content (AvgIpc) is 2.55. The molecule has 2 aromatic rings. The molecule has 1 amide bonds. The van der Waals surface area contributed by atoms with Crippen molar-refractivity contribution < 1.29 is 4.79 Å². The predicted octanol–water partition coefficient (Wildman–Crippen LogP) is 3.68. The van der Waals surface area contributed by atoms with Crippen molar-refractivity contribution in [2.75, 3.05) is 11.9 Å². The molecule has 0 bridgehead atoms. The van der Waals surface area contributed by atoms with E-state index in [4.69, 9.17) is 0 Å². The Balaban J connectivity index is 1.70. The second-order valence-electron chi connectivity index (χ2n) is 5.43. The van der Waals surface area contributed by atoms with Gasteiger partial charge in [0.15, 0.2) is 0 Å². The summed E-state index contributed by atoms with van der Waals surface area (Å²) in [6.07, 6.45) is 1.52. The molecule has 0 saturated carbocycles. The summed E-state index contributed by atoms with van der Waals surface area (Å²) >= 11 is 0. The lowest BCUT2D eigenvalue weighted by molar-refractivity contribution is -0.121. The Morgan fingerprint density at radius 1 is 1.05 bits per heavy atom. The van der Waals surface area contributed by atoms with Crippen molar-refractivity contribution in [1.82, 2.24) is 5.32 Å². The zero-order valence-electron chi connectivity index (χ0n) is 13.4. The van der Waals surface area contributed by atoms with Gasteiger partial charge in [0.25, 0.3) is 0 Å². The van der Waals surface area contributed by atoms with Crippen molar-refractivity contribution in [1.29, 1.82) is 0 Å². The molecule has 0 aliphatic carbocycles. The molecule has 2 aromatic carbocycles. The van der Waals surface area contributed by atoms with E-state index in [0.29, 0.717) is 19.5 Å². The molecule has 2 rings (SSSR count). The molecule has 0 atom stereocenters. The first-order valence-electron chi connectivity index (χ1n) is 7.83. The fourth-order valence-electron chi connectivity index (χ4n) is 2.27. The number of hydrogen-bond donors (Lipinski definition) is 2. The van der Waals surface area contributed by atoms with E-state index < -0.39 is 0 Å². The van der Waals surface area contributed by atoms with Crippen molar-refractivity contribution in [3.8, 4) is 0 Å². The molecule has 116 valence electrons. The van der Waals surface area contributed by atoms with Gasteiger partial charge < -0.3 is 10.6 Å². The standard InChI is InChI=1S/C19H24N2O/c1-3-16-8-10-18(11-9-16)20-13-12-19(22)21-14-17-7-5-4-6-15(17)2/h4-11,20H,3,12-14H2,1-2H3,(H,21,22). The van der Waals surface area contributed by atoms with Crippen LogP contribution in [0.1, 0.15) is 30.0 Å². The quantitative estimate of drug-likeness (QED) is 0.818. The molecule has 0 saturated heterocycles. The van der Waals surface area contributed by atoms with Crippen LogP contribution in [0.5, 0.6) is 0 Å². The molecule has 0 unspecified atom stereocenters. The van der Waals surface area contributed by atoms with E-state index in [2.05, 4.69) is 54.8 Å². The minimum absolute atomic E-state index is 0.0703. The molecule has 0 heterocycles. The molecule has 2 N–H and O–H groups in total. The van der Waals surface area contributed by atoms with Crippen molar-refractivity contribution in [2.45, 2.75) is 33.2 Å². The highest BCUT2D eigenvalue weighted by atomic mass is 16.1. The molecular formula is C19H24N2O. The molecule has 0 aromatic heterocycles. The van der Waals surface area contributed by atoms with E-state index in [-0.39, 0.29) is 5.91 Å². The highest BCUT2D eigenvalue weighted by molar-refractivity contribution is 5.76. The van der Waals surface area contributed by atoms with E-state index in [0.717, 1.165) is 12.1 Å². The molecular weight excluding hydrogens is 272 g/mol. The topological polar surface area (TPSA) is 41.1 Å². The summed E-state index contributed by atoms with van der Waals surface area (Å²) in [6.45, 7) is 5.44. The number of anilines is 1. The summed E-state index contributed by atoms with van der Waals surface area (Å²) in [5.41, 5.74) is 4.75. The van der Waals surface area contributed by atoms with Crippen molar-refractivity contribution in [2.24, 2.45) is 0 Å². The van der Waals surface area contributed by atoms with Gasteiger partial charge in [0.05, 0.1) is 0 Å². The van der Waals surface area contributed by atoms with E-state index in [9.17, 15) is 4.79 Å². The van der Waals surface area contributed by atoms with Crippen LogP contribution < -0.4 is 10.6 Å². The van der Waals surface area contributed by atoms with Gasteiger partial charge in [0.1, 0.15) is 0 Å². The van der Waals surface area contributed by atoms with Gasteiger partial charge in [0, 0.05) is 25.2 Å². The van der Waals surface area contributed by atoms with Gasteiger partial charge in [-0.2, -0.15) is 0 Å². The summed E-state index contributed by atoms with van der Waals surface area (Å²) in [6, 6.07) is 16.5. The van der Waals surface area contributed by atoms with Crippen LogP contribution >= 0.6 is 0 Å². The highest BCUT2D eigenvalue weighted by Gasteiger charge is 2.02. The Kier molecular flexibility index (Phi) is 6.01. The van der Waals surface area contributed by atoms with E-state index in [1.165, 1.54) is 16.7 Å². The SMILES string of the molecule is CCc1ccc(NCCC(=O)NCc2ccccc2C)cc1. The van der Waals surface area contributed by atoms with E-state index in [1.54, 1.807) is 0 Å². The third-order valence-electron chi connectivity index (χ3n) is 3.78. The number of nitrogens with one attached hydrogen (secondary N) is 2. The zero-order valence-corrected chi connectivity index (χ0v) is 13.4. The molecule has 3 heteroatoms. The Bertz CT molecular complexity index is 605. The fraction of sp³-hybridized carbons (Fsp3) is 0.316. The predicted molar refractivity (Wildman–Crippen MR) is 92.0 cm³/mol. The van der Waals surface area contributed by atoms with E-state index in [1.807, 2.05) is 18.2 Å². The van der Waals surface area contributed by atoms with Crippen LogP contribution in [-0.4, -0.2) is 12.5 Å². The largest absolute Gasteiger partial charge is 0.385 e. The molecule has 0 spiro atoms. The van der Waals surface area contributed by atoms with Crippen LogP contribution in [0.4, 0.5) is 5.69 Å². The Hall–Kier alpha value is -2.29. The average molecular weight is 296 g/mol. The maximum atomic E-state index is 11.9. The molecule has 0 radical (unpaired) electrons. The van der Waals surface area contributed by atoms with Crippen LogP contribution in [0, 0.1) is 6.92 Å². The third-order valence-corrected chi connectivity index (χ3v) is 3.78. The number of carbonyl (C=O) groups is 1. The van der Waals surface area contributed by atoms with Gasteiger partial charge in [0.2, 0.25) is 5.91 Å². The van der Waals surface area contributed by atoms with Gasteiger partial charge in [-0.3, -0.25) is 4.79 Å². The number of aryl methyl sites for hydroxylation is 2. The lowest BCUT2D eigenvalue weighted by Gasteiger charge is -2.09. The minimum atomic E-state index is 0.0703. The molecule has 0 aliphatic heterocycles. The van der Waals surface area contributed by atoms with Crippen LogP contribution in [0.25, 0.3) is 0 Å². The fourth-order valence-corrected chi connectivity index (χ4v) is 2.27. The lowest BCUT2D eigenvalue weighted by atomic mass is 10.1. The lowest BCUT2D eigenvalue weighted by Crippen LogP contribution is -2.25.